The van der Waals surface area contributed by atoms with Crippen molar-refractivity contribution in [3.05, 3.63) is 0 Å². The molecule has 0 bridgehead atoms. The maximum absolute atomic E-state index is 11.1. The van der Waals surface area contributed by atoms with Crippen LogP contribution in [-0.2, 0) is 9.53 Å². The average molecular weight is 257 g/mol. The van der Waals surface area contributed by atoms with Crippen LogP contribution in [0.4, 0.5) is 0 Å². The molecule has 1 aliphatic heterocycles. The second kappa shape index (κ2) is 8.45. The highest BCUT2D eigenvalue weighted by atomic mass is 16.5. The second-order valence-corrected chi connectivity index (χ2v) is 5.39. The second-order valence-electron chi connectivity index (χ2n) is 5.39. The van der Waals surface area contributed by atoms with Crippen molar-refractivity contribution in [2.45, 2.75) is 32.7 Å². The molecule has 1 aliphatic rings. The van der Waals surface area contributed by atoms with E-state index in [1.165, 1.54) is 0 Å². The third kappa shape index (κ3) is 6.33. The van der Waals surface area contributed by atoms with E-state index in [0.717, 1.165) is 39.1 Å². The molecule has 0 aromatic rings. The van der Waals surface area contributed by atoms with E-state index in [4.69, 9.17) is 10.5 Å². The lowest BCUT2D eigenvalue weighted by molar-refractivity contribution is -0.120. The lowest BCUT2D eigenvalue weighted by atomic mass is 10.0. The van der Waals surface area contributed by atoms with Gasteiger partial charge in [0.15, 0.2) is 0 Å². The van der Waals surface area contributed by atoms with Crippen molar-refractivity contribution in [2.75, 3.05) is 39.4 Å². The highest BCUT2D eigenvalue weighted by Gasteiger charge is 2.21. The van der Waals surface area contributed by atoms with Gasteiger partial charge in [0.2, 0.25) is 5.91 Å². The Bertz CT molecular complexity index is 240. The summed E-state index contributed by atoms with van der Waals surface area (Å²) < 4.78 is 5.59. The summed E-state index contributed by atoms with van der Waals surface area (Å²) in [5.41, 5.74) is 5.32. The average Bonchev–Trinajstić information content (AvgIpc) is 2.33. The van der Waals surface area contributed by atoms with Crippen LogP contribution in [-0.4, -0.2) is 56.2 Å². The molecule has 1 heterocycles. The van der Waals surface area contributed by atoms with Gasteiger partial charge in [0.1, 0.15) is 0 Å². The first-order valence-corrected chi connectivity index (χ1v) is 6.90. The van der Waals surface area contributed by atoms with Crippen LogP contribution in [0, 0.1) is 5.92 Å². The van der Waals surface area contributed by atoms with Crippen molar-refractivity contribution in [1.82, 2.24) is 10.2 Å². The van der Waals surface area contributed by atoms with Gasteiger partial charge in [-0.05, 0) is 31.8 Å². The summed E-state index contributed by atoms with van der Waals surface area (Å²) in [6.45, 7) is 8.89. The highest BCUT2D eigenvalue weighted by molar-refractivity contribution is 5.75. The molecule has 0 spiro atoms. The number of carbonyl (C=O) groups is 1. The molecule has 18 heavy (non-hydrogen) atoms. The summed E-state index contributed by atoms with van der Waals surface area (Å²) in [5, 5.41) is 3.33. The number of hydrogen-bond acceptors (Lipinski definition) is 4. The molecule has 5 heteroatoms. The number of piperidine rings is 1. The number of rotatable bonds is 8. The first kappa shape index (κ1) is 15.4. The molecule has 0 unspecified atom stereocenters. The largest absolute Gasteiger partial charge is 0.380 e. The number of hydrogen-bond donors (Lipinski definition) is 2. The van der Waals surface area contributed by atoms with Gasteiger partial charge in [-0.3, -0.25) is 9.69 Å². The van der Waals surface area contributed by atoms with E-state index >= 15 is 0 Å². The molecule has 0 saturated carbocycles. The zero-order valence-corrected chi connectivity index (χ0v) is 11.7. The van der Waals surface area contributed by atoms with Crippen molar-refractivity contribution in [1.29, 1.82) is 0 Å². The molecule has 1 amide bonds. The molecule has 0 radical (unpaired) electrons. The monoisotopic (exact) mass is 257 g/mol. The van der Waals surface area contributed by atoms with Crippen LogP contribution in [0.25, 0.3) is 0 Å². The number of nitrogens with two attached hydrogens (primary N) is 1. The molecule has 1 rings (SSSR count). The summed E-state index contributed by atoms with van der Waals surface area (Å²) in [6.07, 6.45) is 2.16. The van der Waals surface area contributed by atoms with Crippen molar-refractivity contribution in [3.8, 4) is 0 Å². The highest BCUT2D eigenvalue weighted by Crippen LogP contribution is 2.11. The van der Waals surface area contributed by atoms with Crippen LogP contribution in [0.2, 0.25) is 0 Å². The van der Waals surface area contributed by atoms with Crippen molar-refractivity contribution >= 4 is 5.91 Å². The first-order chi connectivity index (χ1) is 8.59. The van der Waals surface area contributed by atoms with E-state index < -0.39 is 0 Å². The Morgan fingerprint density at radius 3 is 2.67 bits per heavy atom. The molecule has 0 aromatic carbocycles. The Hall–Kier alpha value is -0.650. The van der Waals surface area contributed by atoms with E-state index in [0.29, 0.717) is 25.1 Å². The minimum absolute atomic E-state index is 0.252. The molecule has 1 fully saturated rings. The quantitative estimate of drug-likeness (QED) is 0.610. The molecule has 1 saturated heterocycles. The smallest absolute Gasteiger partial charge is 0.231 e. The zero-order chi connectivity index (χ0) is 13.4. The van der Waals surface area contributed by atoms with Crippen LogP contribution in [0.3, 0.4) is 0 Å². The summed E-state index contributed by atoms with van der Waals surface area (Å²) >= 11 is 0. The molecule has 106 valence electrons. The fraction of sp³-hybridized carbons (Fsp3) is 0.923. The van der Waals surface area contributed by atoms with E-state index in [1.54, 1.807) is 0 Å². The Morgan fingerprint density at radius 2 is 2.11 bits per heavy atom. The van der Waals surface area contributed by atoms with Gasteiger partial charge in [-0.25, -0.2) is 0 Å². The normalized spacial score (nSPS) is 17.6. The van der Waals surface area contributed by atoms with Crippen molar-refractivity contribution < 1.29 is 9.53 Å². The molecular formula is C13H27N3O2. The molecule has 0 aliphatic carbocycles. The lowest BCUT2D eigenvalue weighted by Gasteiger charge is -2.33. The van der Waals surface area contributed by atoms with Gasteiger partial charge in [-0.1, -0.05) is 13.8 Å². The maximum atomic E-state index is 11.1. The Balaban J connectivity index is 2.32. The van der Waals surface area contributed by atoms with E-state index in [-0.39, 0.29) is 5.91 Å². The van der Waals surface area contributed by atoms with Gasteiger partial charge < -0.3 is 15.8 Å². The predicted molar refractivity (Wildman–Crippen MR) is 72.3 cm³/mol. The van der Waals surface area contributed by atoms with Gasteiger partial charge >= 0.3 is 0 Å². The van der Waals surface area contributed by atoms with Gasteiger partial charge in [0.05, 0.1) is 13.2 Å². The summed E-state index contributed by atoms with van der Waals surface area (Å²) in [5.74, 6) is 0.297. The van der Waals surface area contributed by atoms with Gasteiger partial charge in [-0.15, -0.1) is 0 Å². The van der Waals surface area contributed by atoms with Crippen molar-refractivity contribution in [2.24, 2.45) is 11.7 Å². The first-order valence-electron chi connectivity index (χ1n) is 6.90. The molecule has 0 atom stereocenters. The fourth-order valence-electron chi connectivity index (χ4n) is 2.26. The van der Waals surface area contributed by atoms with Crippen LogP contribution in [0.15, 0.2) is 0 Å². The van der Waals surface area contributed by atoms with Crippen LogP contribution < -0.4 is 11.1 Å². The molecule has 5 nitrogen and oxygen atoms in total. The summed E-state index contributed by atoms with van der Waals surface area (Å²) in [4.78, 5) is 13.3. The van der Waals surface area contributed by atoms with Crippen LogP contribution >= 0.6 is 0 Å². The summed E-state index contributed by atoms with van der Waals surface area (Å²) in [7, 11) is 0. The number of ether oxygens (including phenoxy) is 1. The van der Waals surface area contributed by atoms with E-state index in [1.807, 2.05) is 0 Å². The molecule has 0 aromatic heterocycles. The van der Waals surface area contributed by atoms with Crippen LogP contribution in [0.1, 0.15) is 26.7 Å². The van der Waals surface area contributed by atoms with Gasteiger partial charge in [0.25, 0.3) is 0 Å². The van der Waals surface area contributed by atoms with E-state index in [9.17, 15) is 4.79 Å². The third-order valence-electron chi connectivity index (χ3n) is 3.16. The lowest BCUT2D eigenvalue weighted by Crippen LogP contribution is -2.47. The van der Waals surface area contributed by atoms with Gasteiger partial charge in [0, 0.05) is 19.2 Å². The number of nitrogens with zero attached hydrogens (tertiary/aromatic N) is 1. The Labute approximate surface area is 110 Å². The van der Waals surface area contributed by atoms with Crippen LogP contribution in [0.5, 0.6) is 0 Å². The minimum Gasteiger partial charge on any atom is -0.380 e. The van der Waals surface area contributed by atoms with Gasteiger partial charge in [-0.2, -0.15) is 0 Å². The topological polar surface area (TPSA) is 67.6 Å². The molecule has 3 N–H and O–H groups in total. The zero-order valence-electron chi connectivity index (χ0n) is 11.7. The number of amides is 1. The number of nitrogens with one attached hydrogen (secondary N) is 1. The Morgan fingerprint density at radius 1 is 1.44 bits per heavy atom. The summed E-state index contributed by atoms with van der Waals surface area (Å²) in [6, 6.07) is 0.460. The SMILES string of the molecule is CC(C)COCCN(CC(N)=O)C1CCNCC1. The fourth-order valence-corrected chi connectivity index (χ4v) is 2.26. The molecular weight excluding hydrogens is 230 g/mol. The predicted octanol–water partition coefficient (Wildman–Crippen LogP) is 0.198. The third-order valence-corrected chi connectivity index (χ3v) is 3.16. The minimum atomic E-state index is -0.252. The number of primary amides is 1. The maximum Gasteiger partial charge on any atom is 0.231 e. The number of carbonyl (C=O) groups excluding carboxylic acids is 1. The van der Waals surface area contributed by atoms with Crippen molar-refractivity contribution in [3.63, 3.8) is 0 Å². The Kier molecular flexibility index (Phi) is 7.23. The van der Waals surface area contributed by atoms with E-state index in [2.05, 4.69) is 24.1 Å². The standard InChI is InChI=1S/C13H27N3O2/c1-11(2)10-18-8-7-16(9-13(14)17)12-3-5-15-6-4-12/h11-12,15H,3-10H2,1-2H3,(H2,14,17).